The molecule has 0 saturated carbocycles. The maximum atomic E-state index is 9.19. The van der Waals surface area contributed by atoms with Gasteiger partial charge in [0, 0.05) is 0 Å². The van der Waals surface area contributed by atoms with Gasteiger partial charge in [0.2, 0.25) is 0 Å². The third kappa shape index (κ3) is 4.16. The van der Waals surface area contributed by atoms with Crippen molar-refractivity contribution >= 4 is 17.3 Å². The van der Waals surface area contributed by atoms with Gasteiger partial charge >= 0.3 is 0 Å². The number of hydrogen-bond acceptors (Lipinski definition) is 2. The molecule has 0 radical (unpaired) electrons. The van der Waals surface area contributed by atoms with Crippen molar-refractivity contribution in [3.63, 3.8) is 0 Å². The van der Waals surface area contributed by atoms with Crippen LogP contribution < -0.4 is 5.73 Å². The molecule has 3 N–H and O–H groups in total. The molecule has 0 heterocycles. The van der Waals surface area contributed by atoms with Crippen LogP contribution in [0.1, 0.15) is 16.7 Å². The number of thiocarbonyl (C=S) groups is 1. The Bertz CT molecular complexity index is 554. The molecular weight excluding hydrogens is 254 g/mol. The molecule has 2 rings (SSSR count). The van der Waals surface area contributed by atoms with Gasteiger partial charge in [-0.15, -0.1) is 0 Å². The zero-order valence-corrected chi connectivity index (χ0v) is 11.4. The van der Waals surface area contributed by atoms with Crippen molar-refractivity contribution < 1.29 is 5.11 Å². The second-order valence-electron chi connectivity index (χ2n) is 4.63. The van der Waals surface area contributed by atoms with Gasteiger partial charge in [-0.05, 0) is 41.7 Å². The molecule has 0 aliphatic rings. The van der Waals surface area contributed by atoms with Crippen LogP contribution in [0.4, 0.5) is 0 Å². The minimum atomic E-state index is -0.470. The lowest BCUT2D eigenvalue weighted by molar-refractivity contribution is 0.529. The van der Waals surface area contributed by atoms with Crippen molar-refractivity contribution in [2.45, 2.75) is 18.9 Å². The van der Waals surface area contributed by atoms with Crippen molar-refractivity contribution in [3.8, 4) is 0 Å². The molecule has 2 nitrogen and oxygen atoms in total. The van der Waals surface area contributed by atoms with Crippen LogP contribution in [-0.4, -0.2) is 16.2 Å². The third-order valence-corrected chi connectivity index (χ3v) is 3.32. The van der Waals surface area contributed by atoms with E-state index < -0.39 is 6.04 Å². The summed E-state index contributed by atoms with van der Waals surface area (Å²) in [4.78, 5) is 0. The zero-order chi connectivity index (χ0) is 13.7. The lowest BCUT2D eigenvalue weighted by Gasteiger charge is -2.10. The predicted octanol–water partition coefficient (Wildman–Crippen LogP) is 3.03. The maximum Gasteiger partial charge on any atom is 0.174 e. The van der Waals surface area contributed by atoms with Gasteiger partial charge in [0.15, 0.2) is 5.05 Å². The van der Waals surface area contributed by atoms with E-state index in [0.29, 0.717) is 6.42 Å². The molecule has 3 heteroatoms. The van der Waals surface area contributed by atoms with Gasteiger partial charge in [-0.2, -0.15) is 0 Å². The number of aliphatic hydroxyl groups is 1. The lowest BCUT2D eigenvalue weighted by Crippen LogP contribution is -2.30. The summed E-state index contributed by atoms with van der Waals surface area (Å²) in [6, 6.07) is 18.1. The molecule has 0 aromatic heterocycles. The second kappa shape index (κ2) is 6.45. The first kappa shape index (κ1) is 13.7. The van der Waals surface area contributed by atoms with Crippen LogP contribution in [0.2, 0.25) is 0 Å². The molecule has 0 aliphatic heterocycles. The minimum absolute atomic E-state index is 0.131. The highest BCUT2D eigenvalue weighted by atomic mass is 32.1. The van der Waals surface area contributed by atoms with E-state index in [0.717, 1.165) is 12.0 Å². The van der Waals surface area contributed by atoms with E-state index in [4.69, 9.17) is 5.73 Å². The predicted molar refractivity (Wildman–Crippen MR) is 82.6 cm³/mol. The number of aliphatic hydroxyl groups excluding tert-OH is 1. The number of hydrogen-bond donors (Lipinski definition) is 2. The van der Waals surface area contributed by atoms with E-state index in [9.17, 15) is 5.11 Å². The summed E-state index contributed by atoms with van der Waals surface area (Å²) in [5.41, 5.74) is 9.37. The molecule has 19 heavy (non-hydrogen) atoms. The highest BCUT2D eigenvalue weighted by Gasteiger charge is 2.08. The monoisotopic (exact) mass is 271 g/mol. The van der Waals surface area contributed by atoms with Crippen LogP contribution in [0.5, 0.6) is 0 Å². The summed E-state index contributed by atoms with van der Waals surface area (Å²) in [5.74, 6) is 0. The normalized spacial score (nSPS) is 12.1. The number of rotatable bonds is 5. The summed E-state index contributed by atoms with van der Waals surface area (Å²) < 4.78 is 0. The SMILES string of the molecule is N[C@@H](Cc1cccc(Cc2ccccc2)c1)C(O)=S. The molecule has 98 valence electrons. The topological polar surface area (TPSA) is 46.2 Å². The Labute approximate surface area is 118 Å². The smallest absolute Gasteiger partial charge is 0.174 e. The Balaban J connectivity index is 2.09. The van der Waals surface area contributed by atoms with Crippen molar-refractivity contribution in [1.29, 1.82) is 0 Å². The fourth-order valence-corrected chi connectivity index (χ4v) is 2.12. The van der Waals surface area contributed by atoms with E-state index in [2.05, 4.69) is 36.5 Å². The standard InChI is InChI=1S/C16H17NOS/c17-15(16(18)19)11-14-8-4-7-13(10-14)9-12-5-2-1-3-6-12/h1-8,10,15H,9,11,17H2,(H,18,19)/t15-/m0/s1. The largest absolute Gasteiger partial charge is 0.501 e. The van der Waals surface area contributed by atoms with Gasteiger partial charge in [0.25, 0.3) is 0 Å². The Morgan fingerprint density at radius 2 is 1.63 bits per heavy atom. The first-order chi connectivity index (χ1) is 9.15. The summed E-state index contributed by atoms with van der Waals surface area (Å²) in [6.45, 7) is 0. The second-order valence-corrected chi connectivity index (χ2v) is 5.05. The van der Waals surface area contributed by atoms with Gasteiger partial charge in [-0.3, -0.25) is 0 Å². The lowest BCUT2D eigenvalue weighted by atomic mass is 10.00. The van der Waals surface area contributed by atoms with Crippen LogP contribution in [0.3, 0.4) is 0 Å². The van der Waals surface area contributed by atoms with E-state index in [1.165, 1.54) is 11.1 Å². The molecule has 2 aromatic carbocycles. The summed E-state index contributed by atoms with van der Waals surface area (Å²) in [7, 11) is 0. The number of nitrogens with two attached hydrogens (primary N) is 1. The van der Waals surface area contributed by atoms with Crippen molar-refractivity contribution in [2.75, 3.05) is 0 Å². The van der Waals surface area contributed by atoms with Gasteiger partial charge in [-0.1, -0.05) is 54.6 Å². The van der Waals surface area contributed by atoms with Gasteiger partial charge in [0.05, 0.1) is 6.04 Å². The molecule has 0 unspecified atom stereocenters. The maximum absolute atomic E-state index is 9.19. The molecule has 0 fully saturated rings. The summed E-state index contributed by atoms with van der Waals surface area (Å²) >= 11 is 4.69. The molecule has 2 aromatic rings. The van der Waals surface area contributed by atoms with Crippen LogP contribution in [0.15, 0.2) is 54.6 Å². The Hall–Kier alpha value is -1.71. The van der Waals surface area contributed by atoms with Gasteiger partial charge < -0.3 is 10.8 Å². The van der Waals surface area contributed by atoms with Crippen LogP contribution in [-0.2, 0) is 12.8 Å². The van der Waals surface area contributed by atoms with Crippen molar-refractivity contribution in [3.05, 3.63) is 71.3 Å². The van der Waals surface area contributed by atoms with Gasteiger partial charge in [-0.25, -0.2) is 0 Å². The third-order valence-electron chi connectivity index (χ3n) is 3.02. The van der Waals surface area contributed by atoms with E-state index >= 15 is 0 Å². The van der Waals surface area contributed by atoms with Gasteiger partial charge in [0.1, 0.15) is 0 Å². The Morgan fingerprint density at radius 3 is 2.32 bits per heavy atom. The summed E-state index contributed by atoms with van der Waals surface area (Å²) in [5, 5.41) is 9.06. The summed E-state index contributed by atoms with van der Waals surface area (Å²) in [6.07, 6.45) is 1.46. The zero-order valence-electron chi connectivity index (χ0n) is 10.6. The minimum Gasteiger partial charge on any atom is -0.501 e. The first-order valence-electron chi connectivity index (χ1n) is 6.25. The Kier molecular flexibility index (Phi) is 4.66. The average Bonchev–Trinajstić information content (AvgIpc) is 2.40. The van der Waals surface area contributed by atoms with E-state index in [1.54, 1.807) is 0 Å². The Morgan fingerprint density at radius 1 is 1.00 bits per heavy atom. The highest BCUT2D eigenvalue weighted by Crippen LogP contribution is 2.12. The fourth-order valence-electron chi connectivity index (χ4n) is 2.04. The van der Waals surface area contributed by atoms with Crippen LogP contribution in [0, 0.1) is 0 Å². The van der Waals surface area contributed by atoms with Crippen LogP contribution in [0.25, 0.3) is 0 Å². The molecule has 0 spiro atoms. The molecule has 0 amide bonds. The highest BCUT2D eigenvalue weighted by molar-refractivity contribution is 7.80. The van der Waals surface area contributed by atoms with Crippen molar-refractivity contribution in [2.24, 2.45) is 5.73 Å². The van der Waals surface area contributed by atoms with Crippen molar-refractivity contribution in [1.82, 2.24) is 0 Å². The molecule has 0 aliphatic carbocycles. The fraction of sp³-hybridized carbons (Fsp3) is 0.188. The molecular formula is C16H17NOS. The molecule has 0 bridgehead atoms. The average molecular weight is 271 g/mol. The van der Waals surface area contributed by atoms with E-state index in [1.807, 2.05) is 30.3 Å². The molecule has 0 saturated heterocycles. The molecule has 1 atom stereocenters. The number of benzene rings is 2. The quantitative estimate of drug-likeness (QED) is 0.822. The van der Waals surface area contributed by atoms with E-state index in [-0.39, 0.29) is 5.05 Å². The van der Waals surface area contributed by atoms with Crippen LogP contribution >= 0.6 is 12.2 Å². The first-order valence-corrected chi connectivity index (χ1v) is 6.66.